The van der Waals surface area contributed by atoms with Crippen molar-refractivity contribution in [3.63, 3.8) is 0 Å². The Labute approximate surface area is 218 Å². The lowest BCUT2D eigenvalue weighted by molar-refractivity contribution is 0.0911. The third kappa shape index (κ3) is 6.88. The number of carbonyl (C=O) groups excluding carboxylic acids is 2. The number of halogens is 1. The second-order valence-electron chi connectivity index (χ2n) is 8.48. The maximum Gasteiger partial charge on any atom is 0.319 e. The van der Waals surface area contributed by atoms with E-state index < -0.39 is 11.8 Å². The van der Waals surface area contributed by atoms with Gasteiger partial charge in [0.2, 0.25) is 0 Å². The van der Waals surface area contributed by atoms with Crippen LogP contribution in [-0.4, -0.2) is 43.2 Å². The van der Waals surface area contributed by atoms with E-state index in [1.165, 1.54) is 30.6 Å². The molecule has 1 aliphatic carbocycles. The quantitative estimate of drug-likeness (QED) is 0.370. The van der Waals surface area contributed by atoms with Gasteiger partial charge in [-0.25, -0.2) is 14.2 Å². The molecule has 2 unspecified atom stereocenters. The number of anilines is 1. The third-order valence-corrected chi connectivity index (χ3v) is 6.85. The van der Waals surface area contributed by atoms with Gasteiger partial charge in [-0.05, 0) is 37.1 Å². The van der Waals surface area contributed by atoms with Crippen molar-refractivity contribution < 1.29 is 28.2 Å². The average Bonchev–Trinajstić information content (AvgIpc) is 3.39. The number of urea groups is 1. The summed E-state index contributed by atoms with van der Waals surface area (Å²) in [6.45, 7) is 0.0570. The van der Waals surface area contributed by atoms with Crippen LogP contribution in [0.3, 0.4) is 0 Å². The molecule has 1 saturated carbocycles. The molecule has 1 fully saturated rings. The number of benzene rings is 2. The van der Waals surface area contributed by atoms with E-state index in [4.69, 9.17) is 14.2 Å². The molecule has 4 rings (SSSR count). The van der Waals surface area contributed by atoms with Crippen LogP contribution < -0.4 is 30.2 Å². The van der Waals surface area contributed by atoms with Crippen molar-refractivity contribution in [2.45, 2.75) is 44.4 Å². The van der Waals surface area contributed by atoms with Gasteiger partial charge in [0, 0.05) is 17.5 Å². The highest BCUT2D eigenvalue weighted by molar-refractivity contribution is 7.09. The summed E-state index contributed by atoms with van der Waals surface area (Å²) in [6.07, 6.45) is 3.35. The fourth-order valence-corrected chi connectivity index (χ4v) is 4.82. The first-order valence-electron chi connectivity index (χ1n) is 11.9. The second-order valence-corrected chi connectivity index (χ2v) is 9.42. The van der Waals surface area contributed by atoms with Gasteiger partial charge in [0.25, 0.3) is 5.91 Å². The van der Waals surface area contributed by atoms with Gasteiger partial charge < -0.3 is 30.2 Å². The van der Waals surface area contributed by atoms with Gasteiger partial charge in [-0.1, -0.05) is 25.0 Å². The van der Waals surface area contributed by atoms with Crippen LogP contribution in [0, 0.1) is 5.82 Å². The highest BCUT2D eigenvalue weighted by atomic mass is 32.1. The van der Waals surface area contributed by atoms with E-state index in [0.717, 1.165) is 25.7 Å². The summed E-state index contributed by atoms with van der Waals surface area (Å²) in [5.74, 6) is 0.431. The van der Waals surface area contributed by atoms with Crippen molar-refractivity contribution in [2.24, 2.45) is 0 Å². The molecular weight excluding hydrogens is 499 g/mol. The van der Waals surface area contributed by atoms with E-state index in [2.05, 4.69) is 20.9 Å². The van der Waals surface area contributed by atoms with Crippen LogP contribution in [0.2, 0.25) is 0 Å². The van der Waals surface area contributed by atoms with E-state index in [-0.39, 0.29) is 36.0 Å². The van der Waals surface area contributed by atoms with Gasteiger partial charge >= 0.3 is 6.03 Å². The third-order valence-electron chi connectivity index (χ3n) is 6.03. The van der Waals surface area contributed by atoms with Crippen molar-refractivity contribution in [3.05, 3.63) is 64.4 Å². The number of nitrogens with one attached hydrogen (secondary N) is 3. The number of para-hydroxylation sites is 1. The Balaban J connectivity index is 1.33. The molecule has 2 atom stereocenters. The largest absolute Gasteiger partial charge is 0.497 e. The van der Waals surface area contributed by atoms with Crippen molar-refractivity contribution >= 4 is 29.0 Å². The standard InChI is InChI=1S/C26H29FN4O5S/c1-34-16-11-12-20(23(13-16)35-2)31-26(33)30-19-9-5-4-8-18(19)29-25(32)21-15-37-24(28-21)14-36-22-10-6-3-7-17(22)27/h3,6-7,10-13,15,18-19H,4-5,8-9,14H2,1-2H3,(H,29,32)(H2,30,31,33). The van der Waals surface area contributed by atoms with Gasteiger partial charge in [-0.2, -0.15) is 0 Å². The number of thiazole rings is 1. The van der Waals surface area contributed by atoms with E-state index >= 15 is 0 Å². The number of methoxy groups -OCH3 is 2. The summed E-state index contributed by atoms with van der Waals surface area (Å²) >= 11 is 1.26. The molecule has 1 aliphatic rings. The predicted octanol–water partition coefficient (Wildman–Crippen LogP) is 4.74. The number of hydrogen-bond acceptors (Lipinski definition) is 7. The van der Waals surface area contributed by atoms with Crippen LogP contribution in [0.4, 0.5) is 14.9 Å². The zero-order valence-electron chi connectivity index (χ0n) is 20.6. The van der Waals surface area contributed by atoms with E-state index in [1.807, 2.05) is 0 Å². The zero-order valence-corrected chi connectivity index (χ0v) is 21.4. The zero-order chi connectivity index (χ0) is 26.2. The lowest BCUT2D eigenvalue weighted by Gasteiger charge is -2.32. The van der Waals surface area contributed by atoms with Gasteiger partial charge in [0.05, 0.1) is 25.9 Å². The van der Waals surface area contributed by atoms with E-state index in [0.29, 0.717) is 22.2 Å². The minimum absolute atomic E-state index is 0.0570. The highest BCUT2D eigenvalue weighted by Crippen LogP contribution is 2.29. The second kappa shape index (κ2) is 12.4. The Hall–Kier alpha value is -3.86. The molecular formula is C26H29FN4O5S. The first kappa shape index (κ1) is 26.2. The fraction of sp³-hybridized carbons (Fsp3) is 0.346. The molecule has 0 bridgehead atoms. The summed E-state index contributed by atoms with van der Waals surface area (Å²) in [4.78, 5) is 30.0. The number of rotatable bonds is 9. The smallest absolute Gasteiger partial charge is 0.319 e. The summed E-state index contributed by atoms with van der Waals surface area (Å²) in [5.41, 5.74) is 0.763. The van der Waals surface area contributed by atoms with Crippen LogP contribution in [0.25, 0.3) is 0 Å². The van der Waals surface area contributed by atoms with Gasteiger partial charge in [-0.3, -0.25) is 4.79 Å². The van der Waals surface area contributed by atoms with Crippen molar-refractivity contribution in [3.8, 4) is 17.2 Å². The Morgan fingerprint density at radius 1 is 1.03 bits per heavy atom. The minimum atomic E-state index is -0.456. The first-order valence-corrected chi connectivity index (χ1v) is 12.8. The van der Waals surface area contributed by atoms with Crippen LogP contribution in [-0.2, 0) is 6.61 Å². The molecule has 2 aromatic carbocycles. The Morgan fingerprint density at radius 3 is 2.51 bits per heavy atom. The first-order chi connectivity index (χ1) is 18.0. The molecule has 1 heterocycles. The van der Waals surface area contributed by atoms with Crippen molar-refractivity contribution in [1.29, 1.82) is 0 Å². The SMILES string of the molecule is COc1ccc(NC(=O)NC2CCCCC2NC(=O)c2csc(COc3ccccc3F)n2)c(OC)c1. The molecule has 0 radical (unpaired) electrons. The summed E-state index contributed by atoms with van der Waals surface area (Å²) in [5, 5.41) is 11.0. The lowest BCUT2D eigenvalue weighted by Crippen LogP contribution is -2.54. The summed E-state index contributed by atoms with van der Waals surface area (Å²) in [7, 11) is 3.07. The fourth-order valence-electron chi connectivity index (χ4n) is 4.13. The number of amides is 3. The molecule has 0 saturated heterocycles. The molecule has 0 spiro atoms. The van der Waals surface area contributed by atoms with E-state index in [1.54, 1.807) is 42.8 Å². The molecule has 3 N–H and O–H groups in total. The van der Waals surface area contributed by atoms with Crippen molar-refractivity contribution in [2.75, 3.05) is 19.5 Å². The average molecular weight is 529 g/mol. The van der Waals surface area contributed by atoms with E-state index in [9.17, 15) is 14.0 Å². The number of hydrogen-bond donors (Lipinski definition) is 3. The van der Waals surface area contributed by atoms with Gasteiger partial charge in [-0.15, -0.1) is 11.3 Å². The monoisotopic (exact) mass is 528 g/mol. The highest BCUT2D eigenvalue weighted by Gasteiger charge is 2.29. The molecule has 0 aliphatic heterocycles. The Morgan fingerprint density at radius 2 is 1.78 bits per heavy atom. The van der Waals surface area contributed by atoms with Gasteiger partial charge in [0.1, 0.15) is 28.8 Å². The molecule has 11 heteroatoms. The van der Waals surface area contributed by atoms with Gasteiger partial charge in [0.15, 0.2) is 11.6 Å². The lowest BCUT2D eigenvalue weighted by atomic mass is 9.90. The normalized spacial score (nSPS) is 16.9. The molecule has 3 amide bonds. The number of carbonyl (C=O) groups is 2. The summed E-state index contributed by atoms with van der Waals surface area (Å²) < 4.78 is 29.8. The molecule has 37 heavy (non-hydrogen) atoms. The van der Waals surface area contributed by atoms with Crippen LogP contribution >= 0.6 is 11.3 Å². The van der Waals surface area contributed by atoms with Crippen LogP contribution in [0.5, 0.6) is 17.2 Å². The maximum absolute atomic E-state index is 13.8. The molecule has 196 valence electrons. The summed E-state index contributed by atoms with van der Waals surface area (Å²) in [6, 6.07) is 10.3. The number of ether oxygens (including phenoxy) is 3. The molecule has 3 aromatic rings. The number of aromatic nitrogens is 1. The number of nitrogens with zero attached hydrogens (tertiary/aromatic N) is 1. The van der Waals surface area contributed by atoms with Crippen LogP contribution in [0.15, 0.2) is 47.8 Å². The van der Waals surface area contributed by atoms with Crippen LogP contribution in [0.1, 0.15) is 41.2 Å². The van der Waals surface area contributed by atoms with Crippen molar-refractivity contribution in [1.82, 2.24) is 15.6 Å². The Bertz CT molecular complexity index is 1240. The maximum atomic E-state index is 13.8. The Kier molecular flexibility index (Phi) is 8.78. The molecule has 1 aromatic heterocycles. The topological polar surface area (TPSA) is 111 Å². The predicted molar refractivity (Wildman–Crippen MR) is 138 cm³/mol. The molecule has 9 nitrogen and oxygen atoms in total. The minimum Gasteiger partial charge on any atom is -0.497 e.